The van der Waals surface area contributed by atoms with Crippen LogP contribution >= 0.6 is 0 Å². The first kappa shape index (κ1) is 44.6. The van der Waals surface area contributed by atoms with E-state index in [1.807, 2.05) is 0 Å². The zero-order chi connectivity index (χ0) is 34.0. The summed E-state index contributed by atoms with van der Waals surface area (Å²) in [6, 6.07) is -0.976. The highest BCUT2D eigenvalue weighted by molar-refractivity contribution is 7.85. The van der Waals surface area contributed by atoms with Gasteiger partial charge in [0, 0.05) is 6.42 Å². The monoisotopic (exact) mass is 668 g/mol. The van der Waals surface area contributed by atoms with E-state index < -0.39 is 28.0 Å². The van der Waals surface area contributed by atoms with Gasteiger partial charge in [-0.25, -0.2) is 0 Å². The number of aliphatic hydroxyl groups excluding tert-OH is 1. The molecule has 0 aliphatic heterocycles. The lowest BCUT2D eigenvalue weighted by atomic mass is 10.0. The van der Waals surface area contributed by atoms with E-state index in [9.17, 15) is 22.9 Å². The van der Waals surface area contributed by atoms with Crippen LogP contribution in [0.4, 0.5) is 0 Å². The molecule has 0 saturated heterocycles. The molecular weight excluding hydrogens is 594 g/mol. The molecule has 1 amide bonds. The van der Waals surface area contributed by atoms with Crippen molar-refractivity contribution in [3.63, 3.8) is 0 Å². The second kappa shape index (κ2) is 33.5. The standard InChI is InChI=1S/C39H73NO5S/c1-3-5-7-9-11-13-15-17-18-19-20-21-22-23-25-27-29-31-33-35-39(42)40-37(36-46(43,44)45)38(41)34-32-30-28-26-24-16-14-12-10-8-6-4-2/h11,13,17-18,20-21,37-38,41H,3-10,12,14-16,19,22-36H2,1-2H3,(H,40,42)(H,43,44,45)/b13-11-,18-17-,21-20-. The molecule has 0 spiro atoms. The number of aliphatic hydroxyl groups is 1. The Morgan fingerprint density at radius 2 is 0.978 bits per heavy atom. The van der Waals surface area contributed by atoms with Crippen LogP contribution in [0.15, 0.2) is 36.5 Å². The van der Waals surface area contributed by atoms with Crippen molar-refractivity contribution in [2.75, 3.05) is 5.75 Å². The molecular formula is C39H73NO5S. The third kappa shape index (κ3) is 33.9. The van der Waals surface area contributed by atoms with Gasteiger partial charge in [0.25, 0.3) is 10.1 Å². The molecule has 0 saturated carbocycles. The first-order valence-electron chi connectivity index (χ1n) is 19.2. The van der Waals surface area contributed by atoms with E-state index in [-0.39, 0.29) is 5.91 Å². The van der Waals surface area contributed by atoms with Crippen LogP contribution in [-0.4, -0.2) is 41.9 Å². The predicted octanol–water partition coefficient (Wildman–Crippen LogP) is 11.0. The Kier molecular flexibility index (Phi) is 32.4. The highest BCUT2D eigenvalue weighted by Crippen LogP contribution is 2.15. The van der Waals surface area contributed by atoms with E-state index in [1.54, 1.807) is 0 Å². The van der Waals surface area contributed by atoms with Crippen molar-refractivity contribution in [1.82, 2.24) is 5.32 Å². The molecule has 0 aromatic heterocycles. The molecule has 2 atom stereocenters. The highest BCUT2D eigenvalue weighted by atomic mass is 32.2. The molecule has 0 aliphatic rings. The number of carbonyl (C=O) groups is 1. The molecule has 6 nitrogen and oxygen atoms in total. The van der Waals surface area contributed by atoms with Crippen LogP contribution in [0.3, 0.4) is 0 Å². The molecule has 0 aromatic rings. The van der Waals surface area contributed by atoms with E-state index in [0.717, 1.165) is 64.2 Å². The summed E-state index contributed by atoms with van der Waals surface area (Å²) in [5, 5.41) is 13.3. The quantitative estimate of drug-likeness (QED) is 0.0360. The van der Waals surface area contributed by atoms with Gasteiger partial charge in [0.05, 0.1) is 17.9 Å². The normalized spacial score (nSPS) is 13.7. The second-order valence-corrected chi connectivity index (χ2v) is 14.7. The smallest absolute Gasteiger partial charge is 0.266 e. The fourth-order valence-electron chi connectivity index (χ4n) is 5.70. The number of rotatable bonds is 34. The predicted molar refractivity (Wildman–Crippen MR) is 198 cm³/mol. The van der Waals surface area contributed by atoms with Crippen LogP contribution in [0.1, 0.15) is 187 Å². The second-order valence-electron chi connectivity index (χ2n) is 13.2. The SMILES string of the molecule is CCCCC/C=C\C/C=C\C/C=C\CCCCCCCCC(=O)NC(CS(=O)(=O)O)C(O)CCCCCCCCCCCCCC. The minimum absolute atomic E-state index is 0.260. The van der Waals surface area contributed by atoms with Gasteiger partial charge < -0.3 is 10.4 Å². The van der Waals surface area contributed by atoms with Gasteiger partial charge in [0.1, 0.15) is 0 Å². The maximum atomic E-state index is 12.5. The molecule has 0 fully saturated rings. The lowest BCUT2D eigenvalue weighted by Gasteiger charge is -2.23. The fourth-order valence-corrected chi connectivity index (χ4v) is 6.45. The number of hydrogen-bond donors (Lipinski definition) is 3. The fraction of sp³-hybridized carbons (Fsp3) is 0.821. The van der Waals surface area contributed by atoms with E-state index in [2.05, 4.69) is 55.6 Å². The summed E-state index contributed by atoms with van der Waals surface area (Å²) < 4.78 is 32.4. The van der Waals surface area contributed by atoms with Crippen LogP contribution in [0.25, 0.3) is 0 Å². The van der Waals surface area contributed by atoms with Gasteiger partial charge in [0.2, 0.25) is 5.91 Å². The first-order valence-corrected chi connectivity index (χ1v) is 20.8. The van der Waals surface area contributed by atoms with E-state index >= 15 is 0 Å². The Morgan fingerprint density at radius 3 is 1.48 bits per heavy atom. The number of allylic oxidation sites excluding steroid dienone is 6. The summed E-state index contributed by atoms with van der Waals surface area (Å²) in [4.78, 5) is 12.5. The molecule has 0 rings (SSSR count). The average molecular weight is 668 g/mol. The van der Waals surface area contributed by atoms with Gasteiger partial charge in [0.15, 0.2) is 0 Å². The summed E-state index contributed by atoms with van der Waals surface area (Å²) in [6.45, 7) is 4.47. The first-order chi connectivity index (χ1) is 22.3. The number of nitrogens with one attached hydrogen (secondary N) is 1. The minimum atomic E-state index is -4.31. The van der Waals surface area contributed by atoms with Crippen molar-refractivity contribution in [3.05, 3.63) is 36.5 Å². The van der Waals surface area contributed by atoms with Crippen molar-refractivity contribution in [2.24, 2.45) is 0 Å². The summed E-state index contributed by atoms with van der Waals surface area (Å²) in [6.07, 6.45) is 42.3. The van der Waals surface area contributed by atoms with E-state index in [4.69, 9.17) is 0 Å². The third-order valence-corrected chi connectivity index (χ3v) is 9.38. The average Bonchev–Trinajstić information content (AvgIpc) is 3.01. The zero-order valence-corrected chi connectivity index (χ0v) is 30.8. The molecule has 0 aromatic carbocycles. The number of amides is 1. The lowest BCUT2D eigenvalue weighted by molar-refractivity contribution is -0.122. The van der Waals surface area contributed by atoms with Crippen LogP contribution in [0.5, 0.6) is 0 Å². The van der Waals surface area contributed by atoms with Gasteiger partial charge in [-0.1, -0.05) is 166 Å². The van der Waals surface area contributed by atoms with Gasteiger partial charge >= 0.3 is 0 Å². The number of hydrogen-bond acceptors (Lipinski definition) is 4. The topological polar surface area (TPSA) is 104 Å². The van der Waals surface area contributed by atoms with Crippen LogP contribution in [0, 0.1) is 0 Å². The zero-order valence-electron chi connectivity index (χ0n) is 29.9. The van der Waals surface area contributed by atoms with Crippen molar-refractivity contribution in [1.29, 1.82) is 0 Å². The molecule has 2 unspecified atom stereocenters. The molecule has 0 aliphatic carbocycles. The van der Waals surface area contributed by atoms with Crippen molar-refractivity contribution >= 4 is 16.0 Å². The Morgan fingerprint density at radius 1 is 0.587 bits per heavy atom. The number of unbranched alkanes of at least 4 members (excludes halogenated alkanes) is 20. The molecule has 270 valence electrons. The van der Waals surface area contributed by atoms with Gasteiger partial charge in [-0.15, -0.1) is 0 Å². The molecule has 3 N–H and O–H groups in total. The molecule has 0 radical (unpaired) electrons. The molecule has 46 heavy (non-hydrogen) atoms. The molecule has 0 heterocycles. The Balaban J connectivity index is 3.93. The van der Waals surface area contributed by atoms with Gasteiger partial charge in [-0.2, -0.15) is 8.42 Å². The van der Waals surface area contributed by atoms with Gasteiger partial charge in [-0.05, 0) is 51.4 Å². The summed E-state index contributed by atoms with van der Waals surface area (Å²) >= 11 is 0. The third-order valence-electron chi connectivity index (χ3n) is 8.60. The summed E-state index contributed by atoms with van der Waals surface area (Å²) in [7, 11) is -4.31. The van der Waals surface area contributed by atoms with Crippen molar-refractivity contribution in [3.8, 4) is 0 Å². The van der Waals surface area contributed by atoms with E-state index in [1.165, 1.54) is 96.3 Å². The summed E-state index contributed by atoms with van der Waals surface area (Å²) in [5.41, 5.74) is 0. The number of carbonyl (C=O) groups excluding carboxylic acids is 1. The van der Waals surface area contributed by atoms with E-state index in [0.29, 0.717) is 12.8 Å². The maximum absolute atomic E-state index is 12.5. The van der Waals surface area contributed by atoms with Crippen LogP contribution < -0.4 is 5.32 Å². The van der Waals surface area contributed by atoms with Crippen molar-refractivity contribution in [2.45, 2.75) is 199 Å². The maximum Gasteiger partial charge on any atom is 0.266 e. The summed E-state index contributed by atoms with van der Waals surface area (Å²) in [5.74, 6) is -0.913. The Hall–Kier alpha value is -1.44. The van der Waals surface area contributed by atoms with Crippen LogP contribution in [0.2, 0.25) is 0 Å². The molecule has 0 bridgehead atoms. The highest BCUT2D eigenvalue weighted by Gasteiger charge is 2.26. The Labute approximate surface area is 285 Å². The van der Waals surface area contributed by atoms with Crippen LogP contribution in [-0.2, 0) is 14.9 Å². The Bertz CT molecular complexity index is 868. The molecule has 7 heteroatoms. The lowest BCUT2D eigenvalue weighted by Crippen LogP contribution is -2.47. The largest absolute Gasteiger partial charge is 0.391 e. The van der Waals surface area contributed by atoms with Gasteiger partial charge in [-0.3, -0.25) is 9.35 Å². The van der Waals surface area contributed by atoms with Crippen molar-refractivity contribution < 1.29 is 22.9 Å². The minimum Gasteiger partial charge on any atom is -0.391 e.